The zero-order valence-electron chi connectivity index (χ0n) is 14.2. The Bertz CT molecular complexity index is 1030. The minimum atomic E-state index is -0.503. The summed E-state index contributed by atoms with van der Waals surface area (Å²) in [6.07, 6.45) is 0. The molecule has 1 heterocycles. The number of nitro benzene ring substituents is 1. The molecule has 130 valence electrons. The lowest BCUT2D eigenvalue weighted by Gasteiger charge is -2.27. The van der Waals surface area contributed by atoms with E-state index >= 15 is 0 Å². The molecule has 26 heavy (non-hydrogen) atoms. The lowest BCUT2D eigenvalue weighted by atomic mass is 10.1. The third-order valence-corrected chi connectivity index (χ3v) is 4.40. The Labute approximate surface area is 149 Å². The molecule has 2 aromatic carbocycles. The first-order valence-corrected chi connectivity index (χ1v) is 7.88. The van der Waals surface area contributed by atoms with Gasteiger partial charge in [0.2, 0.25) is 0 Å². The fourth-order valence-electron chi connectivity index (χ4n) is 2.75. The second-order valence-electron chi connectivity index (χ2n) is 5.94. The minimum Gasteiger partial charge on any atom is -0.353 e. The van der Waals surface area contributed by atoms with Crippen LogP contribution in [0.5, 0.6) is 0 Å². The zero-order valence-corrected chi connectivity index (χ0v) is 14.2. The fraction of sp³-hybridized carbons (Fsp3) is 0.158. The number of nitriles is 1. The van der Waals surface area contributed by atoms with Gasteiger partial charge in [0.05, 0.1) is 28.1 Å². The zero-order chi connectivity index (χ0) is 18.8. The van der Waals surface area contributed by atoms with Crippen molar-refractivity contribution in [1.29, 1.82) is 5.26 Å². The normalized spacial score (nSPS) is 11.8. The van der Waals surface area contributed by atoms with E-state index in [1.165, 1.54) is 30.3 Å². The van der Waals surface area contributed by atoms with E-state index in [-0.39, 0.29) is 17.5 Å². The summed E-state index contributed by atoms with van der Waals surface area (Å²) in [7, 11) is 1.83. The van der Waals surface area contributed by atoms with Crippen molar-refractivity contribution in [3.8, 4) is 6.07 Å². The topological polar surface area (TPSA) is 83.1 Å². The molecule has 0 radical (unpaired) electrons. The Balaban J connectivity index is 2.04. The molecule has 0 amide bonds. The van der Waals surface area contributed by atoms with Gasteiger partial charge in [0.25, 0.3) is 5.69 Å². The minimum absolute atomic E-state index is 0.0865. The Morgan fingerprint density at radius 1 is 1.23 bits per heavy atom. The van der Waals surface area contributed by atoms with Gasteiger partial charge in [-0.05, 0) is 36.8 Å². The van der Waals surface area contributed by atoms with E-state index in [1.807, 2.05) is 18.9 Å². The number of anilines is 1. The maximum Gasteiger partial charge on any atom is 0.270 e. The number of fused-ring (bicyclic) bond motifs is 1. The van der Waals surface area contributed by atoms with E-state index in [0.29, 0.717) is 22.3 Å². The van der Waals surface area contributed by atoms with Crippen molar-refractivity contribution in [3.63, 3.8) is 0 Å². The summed E-state index contributed by atoms with van der Waals surface area (Å²) in [5.74, 6) is 0.250. The van der Waals surface area contributed by atoms with Gasteiger partial charge >= 0.3 is 0 Å². The summed E-state index contributed by atoms with van der Waals surface area (Å²) in [5.41, 5.74) is 1.63. The van der Waals surface area contributed by atoms with Crippen molar-refractivity contribution >= 4 is 22.4 Å². The summed E-state index contributed by atoms with van der Waals surface area (Å²) in [6.45, 7) is 1.95. The molecule has 0 aliphatic heterocycles. The lowest BCUT2D eigenvalue weighted by molar-refractivity contribution is -0.384. The first-order valence-electron chi connectivity index (χ1n) is 7.88. The predicted molar refractivity (Wildman–Crippen MR) is 96.3 cm³/mol. The van der Waals surface area contributed by atoms with Crippen LogP contribution in [0.15, 0.2) is 48.5 Å². The Kier molecular flexibility index (Phi) is 4.50. The summed E-state index contributed by atoms with van der Waals surface area (Å²) in [5, 5.41) is 20.8. The Morgan fingerprint density at radius 2 is 1.92 bits per heavy atom. The SMILES string of the molecule is CC(c1ccc(F)cc1)N(C)c1cc(C#N)c2cc([N+](=O)[O-])ccc2n1. The quantitative estimate of drug-likeness (QED) is 0.516. The summed E-state index contributed by atoms with van der Waals surface area (Å²) in [4.78, 5) is 16.9. The highest BCUT2D eigenvalue weighted by Crippen LogP contribution is 2.29. The van der Waals surface area contributed by atoms with E-state index in [4.69, 9.17) is 0 Å². The number of non-ortho nitro benzene ring substituents is 1. The number of hydrogen-bond donors (Lipinski definition) is 0. The van der Waals surface area contributed by atoms with Crippen LogP contribution in [0.1, 0.15) is 24.1 Å². The monoisotopic (exact) mass is 350 g/mol. The molecule has 0 N–H and O–H groups in total. The molecular weight excluding hydrogens is 335 g/mol. The number of nitro groups is 1. The van der Waals surface area contributed by atoms with Crippen LogP contribution in [0.4, 0.5) is 15.9 Å². The van der Waals surface area contributed by atoms with Crippen LogP contribution < -0.4 is 4.90 Å². The van der Waals surface area contributed by atoms with Gasteiger partial charge in [-0.1, -0.05) is 12.1 Å². The summed E-state index contributed by atoms with van der Waals surface area (Å²) < 4.78 is 13.1. The number of pyridine rings is 1. The van der Waals surface area contributed by atoms with Gasteiger partial charge < -0.3 is 4.90 Å². The second kappa shape index (κ2) is 6.76. The van der Waals surface area contributed by atoms with Crippen molar-refractivity contribution in [2.45, 2.75) is 13.0 Å². The van der Waals surface area contributed by atoms with Crippen molar-refractivity contribution in [2.24, 2.45) is 0 Å². The van der Waals surface area contributed by atoms with Gasteiger partial charge in [-0.3, -0.25) is 10.1 Å². The second-order valence-corrected chi connectivity index (χ2v) is 5.94. The number of nitrogens with zero attached hydrogens (tertiary/aromatic N) is 4. The van der Waals surface area contributed by atoms with Crippen LogP contribution in [0, 0.1) is 27.3 Å². The van der Waals surface area contributed by atoms with Crippen LogP contribution in [0.3, 0.4) is 0 Å². The highest BCUT2D eigenvalue weighted by molar-refractivity contribution is 5.88. The van der Waals surface area contributed by atoms with Gasteiger partial charge in [-0.25, -0.2) is 9.37 Å². The highest BCUT2D eigenvalue weighted by atomic mass is 19.1. The van der Waals surface area contributed by atoms with Crippen LogP contribution in [-0.4, -0.2) is 17.0 Å². The average molecular weight is 350 g/mol. The molecule has 7 heteroatoms. The molecule has 0 aliphatic rings. The van der Waals surface area contributed by atoms with Crippen LogP contribution in [0.25, 0.3) is 10.9 Å². The van der Waals surface area contributed by atoms with Crippen LogP contribution >= 0.6 is 0 Å². The number of hydrogen-bond acceptors (Lipinski definition) is 5. The van der Waals surface area contributed by atoms with E-state index in [9.17, 15) is 19.8 Å². The molecule has 0 spiro atoms. The van der Waals surface area contributed by atoms with E-state index < -0.39 is 4.92 Å². The molecule has 1 aromatic heterocycles. The van der Waals surface area contributed by atoms with Crippen molar-refractivity contribution in [2.75, 3.05) is 11.9 Å². The highest BCUT2D eigenvalue weighted by Gasteiger charge is 2.17. The molecule has 3 rings (SSSR count). The molecule has 0 fully saturated rings. The number of rotatable bonds is 4. The van der Waals surface area contributed by atoms with E-state index in [0.717, 1.165) is 5.56 Å². The molecule has 0 bridgehead atoms. The molecule has 1 atom stereocenters. The number of benzene rings is 2. The third kappa shape index (κ3) is 3.17. The smallest absolute Gasteiger partial charge is 0.270 e. The van der Waals surface area contributed by atoms with Crippen LogP contribution in [0.2, 0.25) is 0 Å². The largest absolute Gasteiger partial charge is 0.353 e. The van der Waals surface area contributed by atoms with Gasteiger partial charge in [0.15, 0.2) is 0 Å². The first kappa shape index (κ1) is 17.3. The molecule has 0 saturated heterocycles. The standard InChI is InChI=1S/C19H15FN4O2/c1-12(13-3-5-15(20)6-4-13)23(2)19-9-14(11-21)17-10-16(24(25)26)7-8-18(17)22-19/h3-10,12H,1-2H3. The number of halogens is 1. The van der Waals surface area contributed by atoms with Gasteiger partial charge in [0, 0.05) is 24.6 Å². The first-order chi connectivity index (χ1) is 12.4. The summed E-state index contributed by atoms with van der Waals surface area (Å²) >= 11 is 0. The Hall–Kier alpha value is -3.53. The predicted octanol–water partition coefficient (Wildman–Crippen LogP) is 4.35. The molecule has 0 aliphatic carbocycles. The maximum atomic E-state index is 13.1. The number of aromatic nitrogens is 1. The molecule has 1 unspecified atom stereocenters. The summed E-state index contributed by atoms with van der Waals surface area (Å²) in [6, 6.07) is 14.0. The van der Waals surface area contributed by atoms with Gasteiger partial charge in [-0.2, -0.15) is 5.26 Å². The van der Waals surface area contributed by atoms with Crippen molar-refractivity contribution < 1.29 is 9.31 Å². The molecule has 6 nitrogen and oxygen atoms in total. The van der Waals surface area contributed by atoms with E-state index in [1.54, 1.807) is 18.2 Å². The fourth-order valence-corrected chi connectivity index (χ4v) is 2.75. The molecule has 0 saturated carbocycles. The van der Waals surface area contributed by atoms with Gasteiger partial charge in [-0.15, -0.1) is 0 Å². The van der Waals surface area contributed by atoms with Crippen molar-refractivity contribution in [1.82, 2.24) is 4.98 Å². The van der Waals surface area contributed by atoms with Gasteiger partial charge in [0.1, 0.15) is 11.6 Å². The third-order valence-electron chi connectivity index (χ3n) is 4.40. The van der Waals surface area contributed by atoms with Crippen LogP contribution in [-0.2, 0) is 0 Å². The molecular formula is C19H15FN4O2. The Morgan fingerprint density at radius 3 is 2.54 bits per heavy atom. The molecule has 3 aromatic rings. The maximum absolute atomic E-state index is 13.1. The van der Waals surface area contributed by atoms with Crippen molar-refractivity contribution in [3.05, 3.63) is 75.6 Å². The van der Waals surface area contributed by atoms with E-state index in [2.05, 4.69) is 11.1 Å². The average Bonchev–Trinajstić information content (AvgIpc) is 2.66. The lowest BCUT2D eigenvalue weighted by Crippen LogP contribution is -2.22.